The second-order valence-electron chi connectivity index (χ2n) is 4.63. The van der Waals surface area contributed by atoms with Gasteiger partial charge in [0.1, 0.15) is 0 Å². The molecule has 0 spiro atoms. The van der Waals surface area contributed by atoms with Gasteiger partial charge in [-0.3, -0.25) is 0 Å². The van der Waals surface area contributed by atoms with Crippen LogP contribution in [-0.4, -0.2) is 23.3 Å². The number of nitrogens with one attached hydrogen (secondary N) is 1. The maximum absolute atomic E-state index is 5.80. The Morgan fingerprint density at radius 2 is 2.12 bits per heavy atom. The molecule has 0 aromatic carbocycles. The normalized spacial score (nSPS) is 13.0. The minimum atomic E-state index is 0.524. The van der Waals surface area contributed by atoms with Crippen LogP contribution in [0, 0.1) is 5.92 Å². The average molecular weight is 273 g/mol. The predicted octanol–water partition coefficient (Wildman–Crippen LogP) is 3.85. The molecule has 0 aliphatic rings. The molecule has 1 N–H and O–H groups in total. The highest BCUT2D eigenvalue weighted by Crippen LogP contribution is 2.21. The number of nitrogens with zero attached hydrogens (tertiary/aromatic N) is 1. The Hall–Kier alpha value is -0.250. The van der Waals surface area contributed by atoms with Gasteiger partial charge in [0.25, 0.3) is 0 Å². The van der Waals surface area contributed by atoms with Crippen molar-refractivity contribution in [2.24, 2.45) is 5.92 Å². The Kier molecular flexibility index (Phi) is 6.93. The van der Waals surface area contributed by atoms with Gasteiger partial charge < -0.3 is 5.32 Å². The summed E-state index contributed by atoms with van der Waals surface area (Å²) in [5.74, 6) is 0.767. The summed E-state index contributed by atoms with van der Waals surface area (Å²) >= 11 is 7.57. The Labute approximate surface area is 114 Å². The summed E-state index contributed by atoms with van der Waals surface area (Å²) in [6, 6.07) is 3.85. The van der Waals surface area contributed by atoms with E-state index >= 15 is 0 Å². The summed E-state index contributed by atoms with van der Waals surface area (Å²) in [6.07, 6.45) is 2.93. The van der Waals surface area contributed by atoms with Gasteiger partial charge in [-0.2, -0.15) is 0 Å². The van der Waals surface area contributed by atoms with Crippen LogP contribution in [0.2, 0.25) is 5.02 Å². The molecule has 1 rings (SSSR count). The van der Waals surface area contributed by atoms with E-state index in [-0.39, 0.29) is 0 Å². The van der Waals surface area contributed by atoms with E-state index in [4.69, 9.17) is 11.6 Å². The Bertz CT molecular complexity index is 314. The van der Waals surface area contributed by atoms with Gasteiger partial charge >= 0.3 is 0 Å². The van der Waals surface area contributed by atoms with Crippen molar-refractivity contribution < 1.29 is 0 Å². The van der Waals surface area contributed by atoms with Crippen molar-refractivity contribution in [2.75, 3.05) is 13.1 Å². The predicted molar refractivity (Wildman–Crippen MR) is 76.9 cm³/mol. The molecule has 17 heavy (non-hydrogen) atoms. The second kappa shape index (κ2) is 7.96. The molecule has 1 aromatic rings. The molecule has 2 nitrogen and oxygen atoms in total. The Balaban J connectivity index is 2.20. The van der Waals surface area contributed by atoms with Crippen LogP contribution in [0.4, 0.5) is 0 Å². The number of halogens is 1. The first-order chi connectivity index (χ1) is 8.08. The average Bonchev–Trinajstić information content (AvgIpc) is 2.27. The third-order valence-corrected chi connectivity index (χ3v) is 3.63. The van der Waals surface area contributed by atoms with Gasteiger partial charge in [0.15, 0.2) is 0 Å². The van der Waals surface area contributed by atoms with Gasteiger partial charge in [0.2, 0.25) is 0 Å². The number of pyridine rings is 1. The summed E-state index contributed by atoms with van der Waals surface area (Å²) in [4.78, 5) is 4.28. The van der Waals surface area contributed by atoms with Crippen molar-refractivity contribution in [3.8, 4) is 0 Å². The fourth-order valence-electron chi connectivity index (χ4n) is 1.38. The van der Waals surface area contributed by atoms with Gasteiger partial charge in [-0.15, -0.1) is 11.8 Å². The zero-order chi connectivity index (χ0) is 12.7. The molecule has 96 valence electrons. The highest BCUT2D eigenvalue weighted by atomic mass is 35.5. The summed E-state index contributed by atoms with van der Waals surface area (Å²) in [5, 5.41) is 5.72. The van der Waals surface area contributed by atoms with Crippen molar-refractivity contribution in [3.05, 3.63) is 23.4 Å². The molecule has 0 fully saturated rings. The van der Waals surface area contributed by atoms with E-state index < -0.39 is 0 Å². The lowest BCUT2D eigenvalue weighted by Gasteiger charge is -2.12. The molecule has 1 heterocycles. The van der Waals surface area contributed by atoms with Gasteiger partial charge in [-0.1, -0.05) is 32.4 Å². The van der Waals surface area contributed by atoms with Crippen LogP contribution in [0.5, 0.6) is 0 Å². The third-order valence-electron chi connectivity index (χ3n) is 2.35. The molecule has 0 saturated carbocycles. The lowest BCUT2D eigenvalue weighted by molar-refractivity contribution is 0.539. The van der Waals surface area contributed by atoms with Crippen LogP contribution in [0.15, 0.2) is 23.4 Å². The van der Waals surface area contributed by atoms with Crippen LogP contribution < -0.4 is 5.32 Å². The highest BCUT2D eigenvalue weighted by molar-refractivity contribution is 7.99. The van der Waals surface area contributed by atoms with Crippen LogP contribution in [0.3, 0.4) is 0 Å². The molecular weight excluding hydrogens is 252 g/mol. The molecule has 0 bridgehead atoms. The number of hydrogen-bond donors (Lipinski definition) is 1. The lowest BCUT2D eigenvalue weighted by atomic mass is 10.1. The monoisotopic (exact) mass is 272 g/mol. The first kappa shape index (κ1) is 14.8. The summed E-state index contributed by atoms with van der Waals surface area (Å²) in [7, 11) is 0. The van der Waals surface area contributed by atoms with Crippen LogP contribution in [0.25, 0.3) is 0 Å². The van der Waals surface area contributed by atoms with E-state index in [1.807, 2.05) is 12.1 Å². The first-order valence-electron chi connectivity index (χ1n) is 6.07. The molecule has 0 radical (unpaired) electrons. The maximum Gasteiger partial charge on any atom is 0.0964 e. The molecule has 4 heteroatoms. The molecule has 1 unspecified atom stereocenters. The Morgan fingerprint density at radius 1 is 1.35 bits per heavy atom. The SMILES string of the molecule is CC(C)CCNCC(C)Sc1ccc(Cl)cn1. The van der Waals surface area contributed by atoms with Crippen LogP contribution >= 0.6 is 23.4 Å². The van der Waals surface area contributed by atoms with Crippen molar-refractivity contribution in [2.45, 2.75) is 37.5 Å². The smallest absolute Gasteiger partial charge is 0.0964 e. The third kappa shape index (κ3) is 6.92. The van der Waals surface area contributed by atoms with E-state index in [0.29, 0.717) is 10.3 Å². The number of thioether (sulfide) groups is 1. The van der Waals surface area contributed by atoms with Crippen molar-refractivity contribution in [1.29, 1.82) is 0 Å². The van der Waals surface area contributed by atoms with Crippen molar-refractivity contribution >= 4 is 23.4 Å². The van der Waals surface area contributed by atoms with Gasteiger partial charge in [-0.05, 0) is 31.0 Å². The quantitative estimate of drug-likeness (QED) is 0.603. The van der Waals surface area contributed by atoms with E-state index in [1.54, 1.807) is 18.0 Å². The van der Waals surface area contributed by atoms with Crippen molar-refractivity contribution in [1.82, 2.24) is 10.3 Å². The topological polar surface area (TPSA) is 24.9 Å². The highest BCUT2D eigenvalue weighted by Gasteiger charge is 2.05. The number of hydrogen-bond acceptors (Lipinski definition) is 3. The summed E-state index contributed by atoms with van der Waals surface area (Å²) in [6.45, 7) is 8.82. The maximum atomic E-state index is 5.80. The minimum absolute atomic E-state index is 0.524. The fraction of sp³-hybridized carbons (Fsp3) is 0.615. The molecule has 0 saturated heterocycles. The molecule has 1 aromatic heterocycles. The molecule has 1 atom stereocenters. The van der Waals surface area contributed by atoms with Gasteiger partial charge in [0.05, 0.1) is 10.0 Å². The van der Waals surface area contributed by atoms with E-state index in [1.165, 1.54) is 6.42 Å². The van der Waals surface area contributed by atoms with E-state index in [9.17, 15) is 0 Å². The summed E-state index contributed by atoms with van der Waals surface area (Å²) < 4.78 is 0. The molecule has 0 aliphatic heterocycles. The van der Waals surface area contributed by atoms with Crippen LogP contribution in [-0.2, 0) is 0 Å². The fourth-order valence-corrected chi connectivity index (χ4v) is 2.36. The standard InChI is InChI=1S/C13H21ClN2S/c1-10(2)6-7-15-8-11(3)17-13-5-4-12(14)9-16-13/h4-5,9-11,15H,6-8H2,1-3H3. The zero-order valence-corrected chi connectivity index (χ0v) is 12.3. The molecule has 0 amide bonds. The van der Waals surface area contributed by atoms with E-state index in [0.717, 1.165) is 24.0 Å². The minimum Gasteiger partial charge on any atom is -0.316 e. The lowest BCUT2D eigenvalue weighted by Crippen LogP contribution is -2.24. The molecule has 0 aliphatic carbocycles. The van der Waals surface area contributed by atoms with Crippen LogP contribution in [0.1, 0.15) is 27.2 Å². The van der Waals surface area contributed by atoms with Crippen molar-refractivity contribution in [3.63, 3.8) is 0 Å². The zero-order valence-electron chi connectivity index (χ0n) is 10.7. The summed E-state index contributed by atoms with van der Waals surface area (Å²) in [5.41, 5.74) is 0. The molecular formula is C13H21ClN2S. The largest absolute Gasteiger partial charge is 0.316 e. The van der Waals surface area contributed by atoms with Gasteiger partial charge in [-0.25, -0.2) is 4.98 Å². The first-order valence-corrected chi connectivity index (χ1v) is 7.32. The van der Waals surface area contributed by atoms with E-state index in [2.05, 4.69) is 31.1 Å². The number of aromatic nitrogens is 1. The van der Waals surface area contributed by atoms with Gasteiger partial charge in [0, 0.05) is 18.0 Å². The second-order valence-corrected chi connectivity index (χ2v) is 6.52. The number of rotatable bonds is 7. The Morgan fingerprint density at radius 3 is 2.71 bits per heavy atom.